The van der Waals surface area contributed by atoms with Gasteiger partial charge in [0.15, 0.2) is 0 Å². The second-order valence-corrected chi connectivity index (χ2v) is 9.40. The van der Waals surface area contributed by atoms with E-state index in [1.807, 2.05) is 13.8 Å². The third-order valence-electron chi connectivity index (χ3n) is 4.58. The number of ether oxygens (including phenoxy) is 1. The lowest BCUT2D eigenvalue weighted by atomic mass is 10.2. The fourth-order valence-corrected chi connectivity index (χ4v) is 4.58. The molecule has 0 aromatic heterocycles. The summed E-state index contributed by atoms with van der Waals surface area (Å²) in [5.74, 6) is -0.0326. The maximum atomic E-state index is 13.4. The van der Waals surface area contributed by atoms with Gasteiger partial charge in [0.25, 0.3) is 15.9 Å². The van der Waals surface area contributed by atoms with E-state index in [9.17, 15) is 13.2 Å². The van der Waals surface area contributed by atoms with Crippen LogP contribution in [0.15, 0.2) is 82.8 Å². The number of anilines is 1. The number of rotatable bonds is 9. The first-order valence-electron chi connectivity index (χ1n) is 10.2. The van der Waals surface area contributed by atoms with E-state index in [0.717, 1.165) is 9.87 Å². The predicted octanol–water partition coefficient (Wildman–Crippen LogP) is 4.39. The molecule has 0 radical (unpaired) electrons. The number of nitrogens with zero attached hydrogens (tertiary/aromatic N) is 2. The van der Waals surface area contributed by atoms with Gasteiger partial charge in [-0.2, -0.15) is 5.10 Å². The minimum atomic E-state index is -4.03. The van der Waals surface area contributed by atoms with Gasteiger partial charge in [-0.3, -0.25) is 9.10 Å². The number of carbonyl (C=O) groups is 1. The van der Waals surface area contributed by atoms with Crippen LogP contribution < -0.4 is 14.5 Å². The first-order chi connectivity index (χ1) is 15.8. The van der Waals surface area contributed by atoms with Crippen LogP contribution in [-0.4, -0.2) is 33.7 Å². The number of amides is 1. The van der Waals surface area contributed by atoms with E-state index in [-0.39, 0.29) is 4.90 Å². The van der Waals surface area contributed by atoms with E-state index in [4.69, 9.17) is 16.3 Å². The van der Waals surface area contributed by atoms with Crippen molar-refractivity contribution in [1.82, 2.24) is 5.43 Å². The number of aryl methyl sites for hydroxylation is 1. The lowest BCUT2D eigenvalue weighted by molar-refractivity contribution is -0.119. The van der Waals surface area contributed by atoms with Crippen molar-refractivity contribution in [2.45, 2.75) is 18.7 Å². The Bertz CT molecular complexity index is 1230. The molecule has 0 bridgehead atoms. The van der Waals surface area contributed by atoms with Crippen LogP contribution in [0.2, 0.25) is 5.02 Å². The van der Waals surface area contributed by atoms with E-state index in [2.05, 4.69) is 10.5 Å². The van der Waals surface area contributed by atoms with Gasteiger partial charge in [-0.05, 0) is 67.9 Å². The van der Waals surface area contributed by atoms with E-state index in [1.54, 1.807) is 60.7 Å². The van der Waals surface area contributed by atoms with Gasteiger partial charge in [0.1, 0.15) is 12.3 Å². The maximum Gasteiger partial charge on any atom is 0.264 e. The van der Waals surface area contributed by atoms with Crippen molar-refractivity contribution >= 4 is 39.4 Å². The number of nitrogens with one attached hydrogen (secondary N) is 1. The third kappa shape index (κ3) is 6.57. The molecule has 172 valence electrons. The molecule has 0 spiro atoms. The van der Waals surface area contributed by atoms with Gasteiger partial charge in [-0.1, -0.05) is 41.4 Å². The van der Waals surface area contributed by atoms with Gasteiger partial charge in [-0.15, -0.1) is 0 Å². The van der Waals surface area contributed by atoms with Crippen molar-refractivity contribution in [2.24, 2.45) is 5.10 Å². The Morgan fingerprint density at radius 1 is 1.09 bits per heavy atom. The zero-order chi connectivity index (χ0) is 23.8. The molecule has 0 unspecified atom stereocenters. The standard InChI is InChI=1S/C24H24ClN3O4S/c1-3-32-22-11-13-23(14-12-22)33(30,31)28(21-9-7-18(2)8-10-21)17-24(29)27-26-16-19-5-4-6-20(25)15-19/h4-16H,3,17H2,1-2H3,(H,27,29)/b26-16-. The van der Waals surface area contributed by atoms with Crippen LogP contribution in [0.1, 0.15) is 18.1 Å². The highest BCUT2D eigenvalue weighted by Gasteiger charge is 2.27. The van der Waals surface area contributed by atoms with Gasteiger partial charge in [0.05, 0.1) is 23.4 Å². The first-order valence-corrected chi connectivity index (χ1v) is 12.0. The van der Waals surface area contributed by atoms with Crippen molar-refractivity contribution in [3.8, 4) is 5.75 Å². The molecule has 9 heteroatoms. The number of halogens is 1. The summed E-state index contributed by atoms with van der Waals surface area (Å²) in [4.78, 5) is 12.6. The fourth-order valence-electron chi connectivity index (χ4n) is 2.96. The summed E-state index contributed by atoms with van der Waals surface area (Å²) in [6.07, 6.45) is 1.43. The summed E-state index contributed by atoms with van der Waals surface area (Å²) in [7, 11) is -4.03. The van der Waals surface area contributed by atoms with Gasteiger partial charge in [-0.25, -0.2) is 13.8 Å². The molecular weight excluding hydrogens is 462 g/mol. The number of hydrazone groups is 1. The molecule has 0 saturated carbocycles. The molecule has 0 atom stereocenters. The zero-order valence-electron chi connectivity index (χ0n) is 18.2. The van der Waals surface area contributed by atoms with Gasteiger partial charge in [0.2, 0.25) is 0 Å². The Morgan fingerprint density at radius 3 is 2.42 bits per heavy atom. The smallest absolute Gasteiger partial charge is 0.264 e. The largest absolute Gasteiger partial charge is 0.494 e. The lowest BCUT2D eigenvalue weighted by Gasteiger charge is -2.24. The van der Waals surface area contributed by atoms with Crippen molar-refractivity contribution in [3.63, 3.8) is 0 Å². The minimum Gasteiger partial charge on any atom is -0.494 e. The average Bonchev–Trinajstić information content (AvgIpc) is 2.79. The quantitative estimate of drug-likeness (QED) is 0.359. The molecular formula is C24H24ClN3O4S. The van der Waals surface area contributed by atoms with E-state index in [0.29, 0.717) is 28.6 Å². The summed E-state index contributed by atoms with van der Waals surface area (Å²) in [6, 6.07) is 19.9. The van der Waals surface area contributed by atoms with E-state index in [1.165, 1.54) is 18.3 Å². The van der Waals surface area contributed by atoms with Crippen LogP contribution in [-0.2, 0) is 14.8 Å². The summed E-state index contributed by atoms with van der Waals surface area (Å²) >= 11 is 5.94. The lowest BCUT2D eigenvalue weighted by Crippen LogP contribution is -2.39. The van der Waals surface area contributed by atoms with Crippen LogP contribution in [0.3, 0.4) is 0 Å². The second kappa shape index (κ2) is 11.0. The molecule has 33 heavy (non-hydrogen) atoms. The Labute approximate surface area is 198 Å². The number of hydrogen-bond donors (Lipinski definition) is 1. The molecule has 1 amide bonds. The molecule has 7 nitrogen and oxygen atoms in total. The molecule has 3 aromatic rings. The number of carbonyl (C=O) groups excluding carboxylic acids is 1. The molecule has 3 aromatic carbocycles. The van der Waals surface area contributed by atoms with Crippen molar-refractivity contribution in [1.29, 1.82) is 0 Å². The maximum absolute atomic E-state index is 13.4. The molecule has 3 rings (SSSR count). The van der Waals surface area contributed by atoms with Gasteiger partial charge in [0, 0.05) is 5.02 Å². The second-order valence-electron chi connectivity index (χ2n) is 7.10. The SMILES string of the molecule is CCOc1ccc(S(=O)(=O)N(CC(=O)N/N=C\c2cccc(Cl)c2)c2ccc(C)cc2)cc1. The minimum absolute atomic E-state index is 0.0433. The molecule has 0 fully saturated rings. The molecule has 0 aliphatic heterocycles. The predicted molar refractivity (Wildman–Crippen MR) is 131 cm³/mol. The van der Waals surface area contributed by atoms with E-state index >= 15 is 0 Å². The van der Waals surface area contributed by atoms with Crippen LogP contribution in [0.25, 0.3) is 0 Å². The van der Waals surface area contributed by atoms with Crippen molar-refractivity contribution in [2.75, 3.05) is 17.5 Å². The van der Waals surface area contributed by atoms with Gasteiger partial charge < -0.3 is 4.74 Å². The third-order valence-corrected chi connectivity index (χ3v) is 6.61. The van der Waals surface area contributed by atoms with Crippen molar-refractivity contribution < 1.29 is 17.9 Å². The van der Waals surface area contributed by atoms with Crippen LogP contribution >= 0.6 is 11.6 Å². The monoisotopic (exact) mass is 485 g/mol. The highest BCUT2D eigenvalue weighted by molar-refractivity contribution is 7.92. The zero-order valence-corrected chi connectivity index (χ0v) is 19.8. The summed E-state index contributed by atoms with van der Waals surface area (Å²) < 4.78 is 33.3. The normalized spacial score (nSPS) is 11.4. The number of benzene rings is 3. The number of hydrogen-bond acceptors (Lipinski definition) is 5. The van der Waals surface area contributed by atoms with Crippen molar-refractivity contribution in [3.05, 3.63) is 88.9 Å². The Balaban J connectivity index is 1.83. The average molecular weight is 486 g/mol. The van der Waals surface area contributed by atoms with Gasteiger partial charge >= 0.3 is 0 Å². The Kier molecular flexibility index (Phi) is 8.08. The summed E-state index contributed by atoms with van der Waals surface area (Å²) in [5, 5.41) is 4.45. The Morgan fingerprint density at radius 2 is 1.79 bits per heavy atom. The van der Waals surface area contributed by atoms with E-state index < -0.39 is 22.5 Å². The fraction of sp³-hybridized carbons (Fsp3) is 0.167. The van der Waals surface area contributed by atoms with Crippen LogP contribution in [0.4, 0.5) is 5.69 Å². The highest BCUT2D eigenvalue weighted by atomic mass is 35.5. The first kappa shape index (κ1) is 24.3. The number of sulfonamides is 1. The van der Waals surface area contributed by atoms with Crippen LogP contribution in [0, 0.1) is 6.92 Å². The molecule has 0 aliphatic rings. The molecule has 0 saturated heterocycles. The highest BCUT2D eigenvalue weighted by Crippen LogP contribution is 2.25. The summed E-state index contributed by atoms with van der Waals surface area (Å²) in [6.45, 7) is 3.76. The summed E-state index contributed by atoms with van der Waals surface area (Å²) in [5.41, 5.74) is 4.40. The molecule has 0 aliphatic carbocycles. The topological polar surface area (TPSA) is 88.1 Å². The molecule has 0 heterocycles. The molecule has 1 N–H and O–H groups in total. The van der Waals surface area contributed by atoms with Crippen LogP contribution in [0.5, 0.6) is 5.75 Å². The Hall–Kier alpha value is -3.36.